The summed E-state index contributed by atoms with van der Waals surface area (Å²) >= 11 is 1.91. The molecule has 3 heteroatoms. The maximum absolute atomic E-state index is 6.20. The van der Waals surface area contributed by atoms with Crippen LogP contribution in [0.5, 0.6) is 0 Å². The Balaban J connectivity index is 2.87. The molecule has 2 atom stereocenters. The van der Waals surface area contributed by atoms with Crippen LogP contribution in [0, 0.1) is 0 Å². The smallest absolute Gasteiger partial charge is 0.0414 e. The van der Waals surface area contributed by atoms with E-state index in [0.29, 0.717) is 6.04 Å². The molecule has 0 aliphatic rings. The minimum Gasteiger partial charge on any atom is -0.372 e. The molecule has 0 saturated heterocycles. The zero-order valence-corrected chi connectivity index (χ0v) is 12.8. The molecule has 0 aliphatic heterocycles. The summed E-state index contributed by atoms with van der Waals surface area (Å²) in [5.74, 6) is 1.20. The van der Waals surface area contributed by atoms with Gasteiger partial charge in [0.2, 0.25) is 0 Å². The molecule has 0 aliphatic carbocycles. The third kappa shape index (κ3) is 3.92. The Hall–Kier alpha value is -0.670. The highest BCUT2D eigenvalue weighted by Gasteiger charge is 2.15. The second-order valence-corrected chi connectivity index (χ2v) is 5.80. The highest BCUT2D eigenvalue weighted by molar-refractivity contribution is 7.98. The number of hydrogen-bond donors (Lipinski definition) is 1. The van der Waals surface area contributed by atoms with Gasteiger partial charge in [-0.1, -0.05) is 25.1 Å². The molecule has 1 unspecified atom stereocenters. The lowest BCUT2D eigenvalue weighted by Crippen LogP contribution is -2.31. The van der Waals surface area contributed by atoms with Crippen LogP contribution in [-0.2, 0) is 0 Å². The normalized spacial score (nSPS) is 14.3. The number of hydrogen-bond acceptors (Lipinski definition) is 3. The Labute approximate surface area is 116 Å². The van der Waals surface area contributed by atoms with E-state index in [2.05, 4.69) is 56.3 Å². The summed E-state index contributed by atoms with van der Waals surface area (Å²) in [6, 6.07) is 9.19. The second kappa shape index (κ2) is 7.70. The van der Waals surface area contributed by atoms with Crippen molar-refractivity contribution in [2.75, 3.05) is 24.0 Å². The number of benzene rings is 1. The molecular formula is C15H26N2S. The molecule has 2 N–H and O–H groups in total. The molecule has 0 heterocycles. The van der Waals surface area contributed by atoms with Crippen molar-refractivity contribution in [2.24, 2.45) is 5.73 Å². The summed E-state index contributed by atoms with van der Waals surface area (Å²) in [6.07, 6.45) is 4.34. The van der Waals surface area contributed by atoms with Gasteiger partial charge in [-0.3, -0.25) is 0 Å². The van der Waals surface area contributed by atoms with Crippen LogP contribution >= 0.6 is 11.8 Å². The van der Waals surface area contributed by atoms with Gasteiger partial charge in [-0.15, -0.1) is 0 Å². The zero-order chi connectivity index (χ0) is 13.5. The lowest BCUT2D eigenvalue weighted by Gasteiger charge is -2.30. The van der Waals surface area contributed by atoms with Crippen LogP contribution in [0.1, 0.15) is 38.3 Å². The molecule has 0 saturated carbocycles. The topological polar surface area (TPSA) is 29.3 Å². The molecule has 0 spiro atoms. The number of anilines is 1. The summed E-state index contributed by atoms with van der Waals surface area (Å²) in [5.41, 5.74) is 8.74. The predicted octanol–water partition coefficient (Wildman–Crippen LogP) is 3.67. The quantitative estimate of drug-likeness (QED) is 0.816. The molecule has 1 rings (SSSR count). The van der Waals surface area contributed by atoms with E-state index in [1.807, 2.05) is 11.8 Å². The van der Waals surface area contributed by atoms with E-state index in [0.717, 1.165) is 6.42 Å². The summed E-state index contributed by atoms with van der Waals surface area (Å²) in [4.78, 5) is 2.36. The molecule has 0 bridgehead atoms. The average molecular weight is 266 g/mol. The lowest BCUT2D eigenvalue weighted by atomic mass is 10.0. The molecule has 1 aromatic rings. The van der Waals surface area contributed by atoms with Crippen LogP contribution in [0.15, 0.2) is 24.3 Å². The van der Waals surface area contributed by atoms with Crippen molar-refractivity contribution in [1.82, 2.24) is 0 Å². The van der Waals surface area contributed by atoms with Crippen molar-refractivity contribution in [3.63, 3.8) is 0 Å². The second-order valence-electron chi connectivity index (χ2n) is 4.81. The van der Waals surface area contributed by atoms with Crippen molar-refractivity contribution in [1.29, 1.82) is 0 Å². The number of rotatable bonds is 7. The maximum Gasteiger partial charge on any atom is 0.0414 e. The first-order chi connectivity index (χ1) is 8.61. The number of nitrogens with zero attached hydrogens (tertiary/aromatic N) is 1. The Bertz CT molecular complexity index is 354. The van der Waals surface area contributed by atoms with Gasteiger partial charge in [-0.25, -0.2) is 0 Å². The van der Waals surface area contributed by atoms with Crippen molar-refractivity contribution in [3.05, 3.63) is 29.8 Å². The first-order valence-electron chi connectivity index (χ1n) is 6.68. The van der Waals surface area contributed by atoms with E-state index in [1.165, 1.54) is 23.4 Å². The maximum atomic E-state index is 6.20. The van der Waals surface area contributed by atoms with E-state index < -0.39 is 0 Å². The predicted molar refractivity (Wildman–Crippen MR) is 84.5 cm³/mol. The van der Waals surface area contributed by atoms with Gasteiger partial charge in [-0.2, -0.15) is 11.8 Å². The van der Waals surface area contributed by atoms with E-state index in [9.17, 15) is 0 Å². The van der Waals surface area contributed by atoms with Crippen molar-refractivity contribution < 1.29 is 0 Å². The minimum absolute atomic E-state index is 0.136. The molecule has 0 amide bonds. The minimum atomic E-state index is 0.136. The Morgan fingerprint density at radius 3 is 2.61 bits per heavy atom. The van der Waals surface area contributed by atoms with E-state index in [4.69, 9.17) is 5.73 Å². The van der Waals surface area contributed by atoms with E-state index in [-0.39, 0.29) is 6.04 Å². The van der Waals surface area contributed by atoms with Crippen molar-refractivity contribution in [3.8, 4) is 0 Å². The molecule has 0 aromatic heterocycles. The number of para-hydroxylation sites is 1. The largest absolute Gasteiger partial charge is 0.372 e. The fourth-order valence-electron chi connectivity index (χ4n) is 2.06. The molecular weight excluding hydrogens is 240 g/mol. The molecule has 102 valence electrons. The van der Waals surface area contributed by atoms with Gasteiger partial charge in [-0.05, 0) is 43.4 Å². The van der Waals surface area contributed by atoms with Gasteiger partial charge in [0.25, 0.3) is 0 Å². The van der Waals surface area contributed by atoms with Crippen LogP contribution in [0.2, 0.25) is 0 Å². The third-order valence-corrected chi connectivity index (χ3v) is 4.20. The Morgan fingerprint density at radius 2 is 2.00 bits per heavy atom. The first-order valence-corrected chi connectivity index (χ1v) is 8.07. The standard InChI is InChI=1S/C15H26N2S/c1-5-14(16)13-8-6-7-9-15(13)17(3)12(2)10-11-18-4/h6-9,12,14H,5,10-11,16H2,1-4H3/t12?,14-/m0/s1. The van der Waals surface area contributed by atoms with Gasteiger partial charge in [0, 0.05) is 24.8 Å². The average Bonchev–Trinajstić information content (AvgIpc) is 2.43. The SMILES string of the molecule is CC[C@H](N)c1ccccc1N(C)C(C)CCSC. The molecule has 1 aromatic carbocycles. The number of thioether (sulfide) groups is 1. The zero-order valence-electron chi connectivity index (χ0n) is 12.0. The summed E-state index contributed by atoms with van der Waals surface area (Å²) in [5, 5.41) is 0. The molecule has 0 fully saturated rings. The lowest BCUT2D eigenvalue weighted by molar-refractivity contribution is 0.650. The van der Waals surface area contributed by atoms with Crippen molar-refractivity contribution >= 4 is 17.4 Å². The van der Waals surface area contributed by atoms with Crippen LogP contribution < -0.4 is 10.6 Å². The first kappa shape index (κ1) is 15.4. The van der Waals surface area contributed by atoms with Gasteiger partial charge in [0.1, 0.15) is 0 Å². The van der Waals surface area contributed by atoms with Crippen LogP contribution in [-0.4, -0.2) is 25.1 Å². The van der Waals surface area contributed by atoms with Gasteiger partial charge in [0.15, 0.2) is 0 Å². The van der Waals surface area contributed by atoms with Crippen LogP contribution in [0.3, 0.4) is 0 Å². The Morgan fingerprint density at radius 1 is 1.33 bits per heavy atom. The summed E-state index contributed by atoms with van der Waals surface area (Å²) < 4.78 is 0. The Kier molecular flexibility index (Phi) is 6.58. The molecule has 2 nitrogen and oxygen atoms in total. The van der Waals surface area contributed by atoms with Gasteiger partial charge >= 0.3 is 0 Å². The fraction of sp³-hybridized carbons (Fsp3) is 0.600. The molecule has 0 radical (unpaired) electrons. The highest BCUT2D eigenvalue weighted by Crippen LogP contribution is 2.27. The van der Waals surface area contributed by atoms with Crippen LogP contribution in [0.25, 0.3) is 0 Å². The molecule has 18 heavy (non-hydrogen) atoms. The van der Waals surface area contributed by atoms with Crippen LogP contribution in [0.4, 0.5) is 5.69 Å². The van der Waals surface area contributed by atoms with E-state index >= 15 is 0 Å². The fourth-order valence-corrected chi connectivity index (χ4v) is 2.64. The summed E-state index contributed by atoms with van der Waals surface area (Å²) in [7, 11) is 2.17. The third-order valence-electron chi connectivity index (χ3n) is 3.56. The highest BCUT2D eigenvalue weighted by atomic mass is 32.2. The van der Waals surface area contributed by atoms with E-state index in [1.54, 1.807) is 0 Å². The monoisotopic (exact) mass is 266 g/mol. The van der Waals surface area contributed by atoms with Gasteiger partial charge < -0.3 is 10.6 Å². The summed E-state index contributed by atoms with van der Waals surface area (Å²) in [6.45, 7) is 4.42. The van der Waals surface area contributed by atoms with Crippen molar-refractivity contribution in [2.45, 2.75) is 38.8 Å². The van der Waals surface area contributed by atoms with Gasteiger partial charge in [0.05, 0.1) is 0 Å². The number of nitrogens with two attached hydrogens (primary N) is 1.